The van der Waals surface area contributed by atoms with Gasteiger partial charge < -0.3 is 51.2 Å². The molecule has 7 atom stereocenters. The molecule has 0 fully saturated rings. The molecule has 1 unspecified atom stereocenters. The van der Waals surface area contributed by atoms with Gasteiger partial charge >= 0.3 is 17.9 Å². The van der Waals surface area contributed by atoms with Crippen LogP contribution in [0.3, 0.4) is 0 Å². The maximum absolute atomic E-state index is 13.4. The lowest BCUT2D eigenvalue weighted by atomic mass is 9.79. The van der Waals surface area contributed by atoms with E-state index in [-0.39, 0.29) is 36.3 Å². The van der Waals surface area contributed by atoms with Crippen LogP contribution in [0.25, 0.3) is 0 Å². The number of esters is 3. The molecule has 0 saturated heterocycles. The zero-order valence-electron chi connectivity index (χ0n) is 27.5. The van der Waals surface area contributed by atoms with Crippen molar-refractivity contribution in [3.05, 3.63) is 11.8 Å². The van der Waals surface area contributed by atoms with E-state index < -0.39 is 79.5 Å². The Morgan fingerprint density at radius 1 is 1.02 bits per heavy atom. The topological polar surface area (TPSA) is 236 Å². The molecule has 45 heavy (non-hydrogen) atoms. The number of hydrogen-bond acceptors (Lipinski definition) is 12. The van der Waals surface area contributed by atoms with Crippen LogP contribution in [0.15, 0.2) is 16.8 Å². The summed E-state index contributed by atoms with van der Waals surface area (Å²) in [5.74, 6) is -5.95. The van der Waals surface area contributed by atoms with Crippen LogP contribution in [-0.2, 0) is 38.1 Å². The fourth-order valence-corrected chi connectivity index (χ4v) is 4.76. The van der Waals surface area contributed by atoms with Gasteiger partial charge in [-0.2, -0.15) is 0 Å². The van der Waals surface area contributed by atoms with Crippen molar-refractivity contribution in [2.24, 2.45) is 45.9 Å². The van der Waals surface area contributed by atoms with Gasteiger partial charge in [0.15, 0.2) is 5.96 Å². The standard InChI is InChI=1S/C31H54N4O10/c1-7-8-9-10-11-12-25(39)42-16-23(38)21(15-36)27-20(13-19(6)37)22(35-31(33)34)14-24(43-27)28(40)44-30(18(4)5)45-29(41)26(32)17(2)3/h14,17-18,20-23,26-27,30,36,38H,7-13,15-16,32H2,1-6H3,(H4,33,34,35)/t20-,21+,22+,23+,26+,27-,30?/m1/s1. The van der Waals surface area contributed by atoms with Crippen LogP contribution in [0.4, 0.5) is 0 Å². The van der Waals surface area contributed by atoms with Crippen LogP contribution >= 0.6 is 0 Å². The lowest BCUT2D eigenvalue weighted by molar-refractivity contribution is -0.198. The molecule has 1 rings (SSSR count). The molecule has 0 spiro atoms. The number of hydrogen-bond donors (Lipinski definition) is 5. The van der Waals surface area contributed by atoms with Crippen molar-refractivity contribution in [3.63, 3.8) is 0 Å². The lowest BCUT2D eigenvalue weighted by Crippen LogP contribution is -2.49. The van der Waals surface area contributed by atoms with E-state index in [0.717, 1.165) is 25.7 Å². The Morgan fingerprint density at radius 3 is 2.20 bits per heavy atom. The first-order valence-electron chi connectivity index (χ1n) is 15.7. The normalized spacial score (nSPS) is 20.7. The number of nitrogens with zero attached hydrogens (tertiary/aromatic N) is 1. The second-order valence-corrected chi connectivity index (χ2v) is 12.2. The average molecular weight is 643 g/mol. The second kappa shape index (κ2) is 20.0. The molecular formula is C31H54N4O10. The highest BCUT2D eigenvalue weighted by atomic mass is 16.7. The molecule has 1 aliphatic rings. The van der Waals surface area contributed by atoms with Crippen LogP contribution in [0.2, 0.25) is 0 Å². The van der Waals surface area contributed by atoms with Crippen LogP contribution in [0.5, 0.6) is 0 Å². The highest BCUT2D eigenvalue weighted by Gasteiger charge is 2.45. The number of carbonyl (C=O) groups is 4. The number of rotatable bonds is 20. The van der Waals surface area contributed by atoms with E-state index in [2.05, 4.69) is 11.9 Å². The minimum atomic E-state index is -1.43. The fraction of sp³-hybridized carbons (Fsp3) is 0.774. The number of aliphatic hydroxyl groups excluding tert-OH is 2. The first kappa shape index (κ1) is 39.8. The van der Waals surface area contributed by atoms with Gasteiger partial charge in [-0.15, -0.1) is 0 Å². The molecular weight excluding hydrogens is 588 g/mol. The summed E-state index contributed by atoms with van der Waals surface area (Å²) < 4.78 is 22.1. The zero-order chi connectivity index (χ0) is 34.3. The van der Waals surface area contributed by atoms with Gasteiger partial charge in [-0.25, -0.2) is 9.79 Å². The Balaban J connectivity index is 3.25. The van der Waals surface area contributed by atoms with Gasteiger partial charge in [0.25, 0.3) is 0 Å². The summed E-state index contributed by atoms with van der Waals surface area (Å²) in [6, 6.07) is -1.94. The number of nitrogens with two attached hydrogens (primary N) is 3. The minimum absolute atomic E-state index is 0.134. The van der Waals surface area contributed by atoms with Crippen molar-refractivity contribution in [2.75, 3.05) is 13.2 Å². The van der Waals surface area contributed by atoms with E-state index in [4.69, 9.17) is 36.1 Å². The lowest BCUT2D eigenvalue weighted by Gasteiger charge is -2.40. The first-order chi connectivity index (χ1) is 21.1. The van der Waals surface area contributed by atoms with Crippen LogP contribution < -0.4 is 17.2 Å². The molecule has 14 nitrogen and oxygen atoms in total. The molecule has 0 saturated carbocycles. The SMILES string of the molecule is CCCCCCCC(=O)OC[C@H](O)[C@H](CO)[C@@H]1OC(C(=O)OC(OC(=O)[C@@H](N)C(C)C)C(C)C)=C[C@H](N=C(N)N)[C@H]1CC(C)=O. The summed E-state index contributed by atoms with van der Waals surface area (Å²) in [4.78, 5) is 54.5. The van der Waals surface area contributed by atoms with Gasteiger partial charge in [0.05, 0.1) is 18.8 Å². The van der Waals surface area contributed by atoms with Crippen molar-refractivity contribution >= 4 is 29.7 Å². The molecule has 0 aliphatic carbocycles. The molecule has 1 aliphatic heterocycles. The quantitative estimate of drug-likeness (QED) is 0.0416. The predicted molar refractivity (Wildman–Crippen MR) is 166 cm³/mol. The zero-order valence-corrected chi connectivity index (χ0v) is 27.5. The van der Waals surface area contributed by atoms with Gasteiger partial charge in [0, 0.05) is 30.6 Å². The van der Waals surface area contributed by atoms with Crippen LogP contribution in [0, 0.1) is 23.7 Å². The Labute approximate surface area is 266 Å². The van der Waals surface area contributed by atoms with Gasteiger partial charge in [-0.1, -0.05) is 60.3 Å². The van der Waals surface area contributed by atoms with Crippen molar-refractivity contribution in [1.29, 1.82) is 0 Å². The molecule has 0 bridgehead atoms. The number of ether oxygens (including phenoxy) is 4. The van der Waals surface area contributed by atoms with E-state index >= 15 is 0 Å². The Morgan fingerprint density at radius 2 is 1.67 bits per heavy atom. The van der Waals surface area contributed by atoms with E-state index in [0.29, 0.717) is 6.42 Å². The maximum Gasteiger partial charge on any atom is 0.376 e. The van der Waals surface area contributed by atoms with E-state index in [1.54, 1.807) is 27.7 Å². The second-order valence-electron chi connectivity index (χ2n) is 12.2. The van der Waals surface area contributed by atoms with Crippen molar-refractivity contribution in [2.45, 2.75) is 117 Å². The highest BCUT2D eigenvalue weighted by Crippen LogP contribution is 2.35. The number of carbonyl (C=O) groups excluding carboxylic acids is 4. The van der Waals surface area contributed by atoms with Crippen molar-refractivity contribution in [3.8, 4) is 0 Å². The van der Waals surface area contributed by atoms with Crippen molar-refractivity contribution < 1.29 is 48.3 Å². The fourth-order valence-electron chi connectivity index (χ4n) is 4.76. The molecule has 0 aromatic rings. The van der Waals surface area contributed by atoms with Crippen LogP contribution in [0.1, 0.15) is 86.5 Å². The van der Waals surface area contributed by atoms with E-state index in [1.165, 1.54) is 13.0 Å². The molecule has 0 aromatic heterocycles. The van der Waals surface area contributed by atoms with E-state index in [1.807, 2.05) is 0 Å². The Hall–Kier alpha value is -3.23. The third kappa shape index (κ3) is 13.7. The number of guanidine groups is 1. The Kier molecular flexibility index (Phi) is 17.7. The third-order valence-corrected chi connectivity index (χ3v) is 7.49. The summed E-state index contributed by atoms with van der Waals surface area (Å²) in [7, 11) is 0. The predicted octanol–water partition coefficient (Wildman–Crippen LogP) is 1.43. The number of aliphatic imine (C=N–C) groups is 1. The summed E-state index contributed by atoms with van der Waals surface area (Å²) in [5.41, 5.74) is 17.2. The summed E-state index contributed by atoms with van der Waals surface area (Å²) >= 11 is 0. The van der Waals surface area contributed by atoms with Gasteiger partial charge in [-0.05, 0) is 25.3 Å². The van der Waals surface area contributed by atoms with Gasteiger partial charge in [-0.3, -0.25) is 9.59 Å². The van der Waals surface area contributed by atoms with Gasteiger partial charge in [0.2, 0.25) is 12.0 Å². The third-order valence-electron chi connectivity index (χ3n) is 7.49. The minimum Gasteiger partial charge on any atom is -0.482 e. The highest BCUT2D eigenvalue weighted by molar-refractivity contribution is 5.87. The first-order valence-corrected chi connectivity index (χ1v) is 15.7. The number of aliphatic hydroxyl groups is 2. The van der Waals surface area contributed by atoms with E-state index in [9.17, 15) is 29.4 Å². The maximum atomic E-state index is 13.4. The van der Waals surface area contributed by atoms with Gasteiger partial charge in [0.1, 0.15) is 24.5 Å². The Bertz CT molecular complexity index is 1030. The number of unbranched alkanes of at least 4 members (excludes halogenated alkanes) is 4. The number of Topliss-reactive ketones (excluding diaryl/α,β-unsaturated/α-hetero) is 1. The molecule has 258 valence electrons. The largest absolute Gasteiger partial charge is 0.482 e. The smallest absolute Gasteiger partial charge is 0.376 e. The summed E-state index contributed by atoms with van der Waals surface area (Å²) in [6.07, 6.45) is 2.06. The molecule has 0 amide bonds. The summed E-state index contributed by atoms with van der Waals surface area (Å²) in [5, 5.41) is 21.4. The molecule has 1 heterocycles. The monoisotopic (exact) mass is 642 g/mol. The average Bonchev–Trinajstić information content (AvgIpc) is 2.96. The molecule has 14 heteroatoms. The van der Waals surface area contributed by atoms with Crippen LogP contribution in [-0.4, -0.2) is 83.7 Å². The van der Waals surface area contributed by atoms with Crippen molar-refractivity contribution in [1.82, 2.24) is 0 Å². The molecule has 0 aromatic carbocycles. The summed E-state index contributed by atoms with van der Waals surface area (Å²) in [6.45, 7) is 9.14. The molecule has 8 N–H and O–H groups in total. The number of ketones is 1. The molecule has 0 radical (unpaired) electrons.